The lowest BCUT2D eigenvalue weighted by atomic mass is 9.99. The molecule has 150 valence electrons. The van der Waals surface area contributed by atoms with E-state index >= 15 is 0 Å². The maximum atomic E-state index is 3.71. The van der Waals surface area contributed by atoms with Crippen molar-refractivity contribution in [2.75, 3.05) is 11.4 Å². The summed E-state index contributed by atoms with van der Waals surface area (Å²) in [6, 6.07) is 19.3. The average Bonchev–Trinajstić information content (AvgIpc) is 2.80. The van der Waals surface area contributed by atoms with E-state index in [4.69, 9.17) is 0 Å². The lowest BCUT2D eigenvalue weighted by Crippen LogP contribution is -2.32. The Balaban J connectivity index is 1.62. The van der Waals surface area contributed by atoms with Crippen LogP contribution < -0.4 is 9.47 Å². The van der Waals surface area contributed by atoms with Crippen LogP contribution in [0, 0.1) is 0 Å². The van der Waals surface area contributed by atoms with Crippen molar-refractivity contribution in [3.63, 3.8) is 0 Å². The molecule has 3 heteroatoms. The Morgan fingerprint density at radius 2 is 1.83 bits per heavy atom. The van der Waals surface area contributed by atoms with Crippen LogP contribution in [0.2, 0.25) is 0 Å². The van der Waals surface area contributed by atoms with Crippen molar-refractivity contribution in [3.05, 3.63) is 107 Å². The highest BCUT2D eigenvalue weighted by Gasteiger charge is 2.13. The average molecular weight is 458 g/mol. The van der Waals surface area contributed by atoms with Crippen LogP contribution in [0.5, 0.6) is 0 Å². The molecule has 0 radical (unpaired) electrons. The molecule has 0 amide bonds. The molecule has 2 nitrogen and oxygen atoms in total. The number of pyridine rings is 1. The second kappa shape index (κ2) is 9.27. The van der Waals surface area contributed by atoms with Gasteiger partial charge in [0.05, 0.1) is 5.39 Å². The van der Waals surface area contributed by atoms with E-state index in [0.717, 1.165) is 17.6 Å². The molecule has 0 bridgehead atoms. The van der Waals surface area contributed by atoms with Crippen molar-refractivity contribution in [3.8, 4) is 0 Å². The van der Waals surface area contributed by atoms with E-state index in [1.54, 1.807) is 0 Å². The van der Waals surface area contributed by atoms with Gasteiger partial charge in [0.1, 0.15) is 6.54 Å². The summed E-state index contributed by atoms with van der Waals surface area (Å²) in [4.78, 5) is 2.27. The fourth-order valence-electron chi connectivity index (χ4n) is 3.85. The Morgan fingerprint density at radius 3 is 2.67 bits per heavy atom. The van der Waals surface area contributed by atoms with Crippen LogP contribution in [0.15, 0.2) is 95.8 Å². The summed E-state index contributed by atoms with van der Waals surface area (Å²) in [7, 11) is 0. The Morgan fingerprint density at radius 1 is 1.03 bits per heavy atom. The first-order valence-corrected chi connectivity index (χ1v) is 11.2. The molecule has 3 aromatic rings. The molecule has 4 rings (SSSR count). The van der Waals surface area contributed by atoms with Crippen LogP contribution >= 0.6 is 15.9 Å². The van der Waals surface area contributed by atoms with Gasteiger partial charge in [-0.2, -0.15) is 4.57 Å². The van der Waals surface area contributed by atoms with Gasteiger partial charge in [0, 0.05) is 40.6 Å². The minimum absolute atomic E-state index is 0.964. The number of para-hydroxylation sites is 2. The van der Waals surface area contributed by atoms with E-state index < -0.39 is 0 Å². The number of rotatable bonds is 5. The van der Waals surface area contributed by atoms with Crippen molar-refractivity contribution < 1.29 is 4.57 Å². The normalized spacial score (nSPS) is 15.4. The number of allylic oxidation sites excluding steroid dienone is 6. The molecule has 2 heterocycles. The lowest BCUT2D eigenvalue weighted by molar-refractivity contribution is -0.667. The molecule has 0 N–H and O–H groups in total. The van der Waals surface area contributed by atoms with E-state index in [1.165, 1.54) is 33.3 Å². The number of halogens is 1. The van der Waals surface area contributed by atoms with E-state index in [1.807, 2.05) is 0 Å². The maximum absolute atomic E-state index is 3.71. The summed E-state index contributed by atoms with van der Waals surface area (Å²) in [5.41, 5.74) is 6.22. The van der Waals surface area contributed by atoms with E-state index in [0.29, 0.717) is 0 Å². The van der Waals surface area contributed by atoms with Crippen LogP contribution in [-0.4, -0.2) is 6.54 Å². The van der Waals surface area contributed by atoms with Crippen molar-refractivity contribution in [2.45, 2.75) is 20.4 Å². The quantitative estimate of drug-likeness (QED) is 0.299. The summed E-state index contributed by atoms with van der Waals surface area (Å²) < 4.78 is 3.31. The third-order valence-electron chi connectivity index (χ3n) is 5.44. The van der Waals surface area contributed by atoms with Gasteiger partial charge in [-0.3, -0.25) is 0 Å². The highest BCUT2D eigenvalue weighted by atomic mass is 79.9. The van der Waals surface area contributed by atoms with Gasteiger partial charge in [-0.1, -0.05) is 58.4 Å². The summed E-state index contributed by atoms with van der Waals surface area (Å²) in [6.07, 6.45) is 15.1. The summed E-state index contributed by atoms with van der Waals surface area (Å²) in [6.45, 7) is 6.27. The zero-order chi connectivity index (χ0) is 20.9. The lowest BCUT2D eigenvalue weighted by Gasteiger charge is -2.26. The molecule has 30 heavy (non-hydrogen) atoms. The van der Waals surface area contributed by atoms with E-state index in [-0.39, 0.29) is 0 Å². The van der Waals surface area contributed by atoms with Crippen molar-refractivity contribution in [1.29, 1.82) is 0 Å². The second-order valence-corrected chi connectivity index (χ2v) is 8.12. The third kappa shape index (κ3) is 4.17. The number of benzene rings is 2. The van der Waals surface area contributed by atoms with Gasteiger partial charge in [0.2, 0.25) is 5.52 Å². The Bertz CT molecular complexity index is 1180. The van der Waals surface area contributed by atoms with Crippen LogP contribution in [0.3, 0.4) is 0 Å². The zero-order valence-electron chi connectivity index (χ0n) is 17.4. The highest BCUT2D eigenvalue weighted by Crippen LogP contribution is 2.32. The monoisotopic (exact) mass is 457 g/mol. The zero-order valence-corrected chi connectivity index (χ0v) is 19.0. The first-order chi connectivity index (χ1) is 14.7. The van der Waals surface area contributed by atoms with Gasteiger partial charge < -0.3 is 4.90 Å². The van der Waals surface area contributed by atoms with Crippen LogP contribution in [0.25, 0.3) is 22.6 Å². The SMILES string of the molecule is CCN1C=C\C(=C/C=C(Br)/C=C/c2cc[n+](CC)c3ccccc23)c2ccccc21. The first kappa shape index (κ1) is 20.4. The van der Waals surface area contributed by atoms with Crippen molar-refractivity contribution >= 4 is 44.2 Å². The van der Waals surface area contributed by atoms with Crippen molar-refractivity contribution in [1.82, 2.24) is 0 Å². The Kier molecular flexibility index (Phi) is 6.29. The Hall–Kier alpha value is -2.91. The first-order valence-electron chi connectivity index (χ1n) is 10.4. The molecule has 0 aliphatic carbocycles. The fourth-order valence-corrected chi connectivity index (χ4v) is 4.12. The van der Waals surface area contributed by atoms with Crippen LogP contribution in [0.1, 0.15) is 25.0 Å². The van der Waals surface area contributed by atoms with Crippen LogP contribution in [-0.2, 0) is 6.54 Å². The van der Waals surface area contributed by atoms with E-state index in [9.17, 15) is 0 Å². The van der Waals surface area contributed by atoms with Gasteiger partial charge in [0.25, 0.3) is 0 Å². The smallest absolute Gasteiger partial charge is 0.213 e. The van der Waals surface area contributed by atoms with Crippen LogP contribution in [0.4, 0.5) is 5.69 Å². The predicted molar refractivity (Wildman–Crippen MR) is 132 cm³/mol. The van der Waals surface area contributed by atoms with Gasteiger partial charge in [0.15, 0.2) is 6.20 Å². The van der Waals surface area contributed by atoms with Gasteiger partial charge in [-0.05, 0) is 55.3 Å². The predicted octanol–water partition coefficient (Wildman–Crippen LogP) is 6.88. The minimum Gasteiger partial charge on any atom is -0.348 e. The summed E-state index contributed by atoms with van der Waals surface area (Å²) in [5.74, 6) is 0. The number of hydrogen-bond acceptors (Lipinski definition) is 1. The second-order valence-electron chi connectivity index (χ2n) is 7.20. The number of fused-ring (bicyclic) bond motifs is 2. The molecule has 0 fully saturated rings. The van der Waals surface area contributed by atoms with Crippen molar-refractivity contribution in [2.24, 2.45) is 0 Å². The highest BCUT2D eigenvalue weighted by molar-refractivity contribution is 9.11. The molecule has 1 aliphatic rings. The fraction of sp³-hybridized carbons (Fsp3) is 0.148. The Labute approximate surface area is 187 Å². The van der Waals surface area contributed by atoms with Gasteiger partial charge >= 0.3 is 0 Å². The molecule has 0 saturated heterocycles. The number of anilines is 1. The molecule has 1 aromatic heterocycles. The topological polar surface area (TPSA) is 7.12 Å². The summed E-state index contributed by atoms with van der Waals surface area (Å²) >= 11 is 3.71. The number of nitrogens with zero attached hydrogens (tertiary/aromatic N) is 2. The maximum Gasteiger partial charge on any atom is 0.213 e. The number of hydrogen-bond donors (Lipinski definition) is 0. The molecular formula is C27H26BrN2+. The molecule has 0 spiro atoms. The molecule has 2 aromatic carbocycles. The largest absolute Gasteiger partial charge is 0.348 e. The molecule has 0 atom stereocenters. The molecule has 0 saturated carbocycles. The molecular weight excluding hydrogens is 432 g/mol. The third-order valence-corrected chi connectivity index (χ3v) is 5.97. The molecule has 1 aliphatic heterocycles. The molecule has 0 unspecified atom stereocenters. The minimum atomic E-state index is 0.964. The van der Waals surface area contributed by atoms with Gasteiger partial charge in [-0.25, -0.2) is 0 Å². The number of aromatic nitrogens is 1. The number of aryl methyl sites for hydroxylation is 1. The van der Waals surface area contributed by atoms with Gasteiger partial charge in [-0.15, -0.1) is 0 Å². The standard InChI is InChI=1S/C27H26BrN2/c1-3-29-19-17-21(24-9-5-7-11-26(24)29)13-15-23(28)16-14-22-18-20-30(4-2)27-12-8-6-10-25(22)27/h5-20H,3-4H2,1-2H3/q+1. The summed E-state index contributed by atoms with van der Waals surface area (Å²) in [5, 5.41) is 1.26. The van der Waals surface area contributed by atoms with E-state index in [2.05, 4.69) is 137 Å².